The maximum absolute atomic E-state index is 13.1. The van der Waals surface area contributed by atoms with Crippen molar-refractivity contribution in [3.05, 3.63) is 59.4 Å². The molecule has 2 atom stereocenters. The van der Waals surface area contributed by atoms with Gasteiger partial charge in [0.25, 0.3) is 0 Å². The topological polar surface area (TPSA) is 96.8 Å². The minimum Gasteiger partial charge on any atom is -0.338 e. The molecule has 1 fully saturated rings. The van der Waals surface area contributed by atoms with Gasteiger partial charge in [0, 0.05) is 30.9 Å². The zero-order chi connectivity index (χ0) is 25.3. The average Bonchev–Trinajstić information content (AvgIpc) is 3.32. The van der Waals surface area contributed by atoms with E-state index in [9.17, 15) is 9.18 Å². The lowest BCUT2D eigenvalue weighted by atomic mass is 9.84. The molecule has 0 spiro atoms. The van der Waals surface area contributed by atoms with Gasteiger partial charge >= 0.3 is 6.03 Å². The van der Waals surface area contributed by atoms with Crippen LogP contribution in [0.4, 0.5) is 14.9 Å². The van der Waals surface area contributed by atoms with Gasteiger partial charge in [0.05, 0.1) is 0 Å². The second kappa shape index (κ2) is 12.6. The Morgan fingerprint density at radius 1 is 1.11 bits per heavy atom. The first-order chi connectivity index (χ1) is 17.5. The lowest BCUT2D eigenvalue weighted by molar-refractivity contribution is 0.235. The number of urea groups is 1. The van der Waals surface area contributed by atoms with Crippen LogP contribution in [0.1, 0.15) is 50.2 Å². The van der Waals surface area contributed by atoms with Crippen molar-refractivity contribution in [3.63, 3.8) is 0 Å². The fraction of sp³-hybridized carbons (Fsp3) is 0.481. The molecule has 3 N–H and O–H groups in total. The summed E-state index contributed by atoms with van der Waals surface area (Å²) in [5.41, 5.74) is 3.85. The van der Waals surface area contributed by atoms with Crippen molar-refractivity contribution in [2.75, 3.05) is 18.4 Å². The van der Waals surface area contributed by atoms with Crippen molar-refractivity contribution in [1.29, 1.82) is 0 Å². The summed E-state index contributed by atoms with van der Waals surface area (Å²) in [6, 6.07) is 12.9. The second-order valence-corrected chi connectivity index (χ2v) is 9.57. The number of carbonyl (C=O) groups excluding carboxylic acids is 1. The number of anilines is 1. The molecule has 1 aromatic heterocycles. The zero-order valence-corrected chi connectivity index (χ0v) is 21.1. The normalized spacial score (nSPS) is 17.6. The Labute approximate surface area is 212 Å². The van der Waals surface area contributed by atoms with Crippen molar-refractivity contribution < 1.29 is 9.18 Å². The van der Waals surface area contributed by atoms with Gasteiger partial charge in [0.1, 0.15) is 5.82 Å². The quantitative estimate of drug-likeness (QED) is 0.362. The van der Waals surface area contributed by atoms with E-state index in [1.54, 1.807) is 11.7 Å². The summed E-state index contributed by atoms with van der Waals surface area (Å²) in [6.07, 6.45) is 7.39. The van der Waals surface area contributed by atoms with Crippen LogP contribution in [0, 0.1) is 11.7 Å². The molecule has 2 aromatic carbocycles. The number of tetrazole rings is 1. The van der Waals surface area contributed by atoms with E-state index in [0.29, 0.717) is 24.3 Å². The first-order valence-corrected chi connectivity index (χ1v) is 12.9. The molecule has 192 valence electrons. The van der Waals surface area contributed by atoms with Gasteiger partial charge in [-0.15, -0.1) is 5.10 Å². The Hall–Kier alpha value is -3.33. The van der Waals surface area contributed by atoms with Crippen LogP contribution in [0.5, 0.6) is 0 Å². The summed E-state index contributed by atoms with van der Waals surface area (Å²) in [4.78, 5) is 12.8. The summed E-state index contributed by atoms with van der Waals surface area (Å²) < 4.78 is 14.7. The van der Waals surface area contributed by atoms with Crippen molar-refractivity contribution >= 4 is 11.7 Å². The molecule has 2 amide bonds. The standard InChI is InChI=1S/C27H36FN7O/c1-3-19-15-22(26-32-33-34-35(26)2)17-24(16-19)31-27(36)30-18-21-8-4-5-9-25(21)29-14-6-7-20-10-12-23(28)13-11-20/h10-13,15-17,21,25,29H,3-9,14,18H2,1-2H3,(H2,30,31,36)/t21-,25+/m0/s1. The van der Waals surface area contributed by atoms with E-state index in [-0.39, 0.29) is 11.8 Å². The molecule has 0 aliphatic heterocycles. The molecule has 3 aromatic rings. The summed E-state index contributed by atoms with van der Waals surface area (Å²) in [5, 5.41) is 21.5. The van der Waals surface area contributed by atoms with E-state index in [0.717, 1.165) is 61.0 Å². The summed E-state index contributed by atoms with van der Waals surface area (Å²) in [5.74, 6) is 0.863. The number of aryl methyl sites for hydroxylation is 3. The number of rotatable bonds is 10. The van der Waals surface area contributed by atoms with Crippen LogP contribution in [0.3, 0.4) is 0 Å². The Bertz CT molecular complexity index is 1130. The Kier molecular flexibility index (Phi) is 9.00. The van der Waals surface area contributed by atoms with E-state index < -0.39 is 0 Å². The van der Waals surface area contributed by atoms with Gasteiger partial charge in [-0.1, -0.05) is 31.9 Å². The molecule has 36 heavy (non-hydrogen) atoms. The number of hydrogen-bond acceptors (Lipinski definition) is 5. The molecular weight excluding hydrogens is 457 g/mol. The number of nitrogens with zero attached hydrogens (tertiary/aromatic N) is 4. The Morgan fingerprint density at radius 3 is 2.67 bits per heavy atom. The highest BCUT2D eigenvalue weighted by atomic mass is 19.1. The highest BCUT2D eigenvalue weighted by Gasteiger charge is 2.25. The average molecular weight is 494 g/mol. The number of aromatic nitrogens is 4. The van der Waals surface area contributed by atoms with Gasteiger partial charge in [0.15, 0.2) is 5.82 Å². The highest BCUT2D eigenvalue weighted by molar-refractivity contribution is 5.90. The Balaban J connectivity index is 1.27. The summed E-state index contributed by atoms with van der Waals surface area (Å²) in [6.45, 7) is 3.62. The maximum atomic E-state index is 13.1. The maximum Gasteiger partial charge on any atom is 0.319 e. The molecule has 0 radical (unpaired) electrons. The lowest BCUT2D eigenvalue weighted by Gasteiger charge is -2.32. The number of benzene rings is 2. The van der Waals surface area contributed by atoms with E-state index >= 15 is 0 Å². The van der Waals surface area contributed by atoms with Gasteiger partial charge in [-0.25, -0.2) is 13.9 Å². The van der Waals surface area contributed by atoms with Gasteiger partial charge in [0.2, 0.25) is 0 Å². The highest BCUT2D eigenvalue weighted by Crippen LogP contribution is 2.25. The minimum absolute atomic E-state index is 0.195. The third-order valence-corrected chi connectivity index (χ3v) is 6.93. The molecule has 0 saturated heterocycles. The van der Waals surface area contributed by atoms with E-state index in [4.69, 9.17) is 0 Å². The fourth-order valence-electron chi connectivity index (χ4n) is 4.92. The molecule has 9 heteroatoms. The smallest absolute Gasteiger partial charge is 0.319 e. The molecule has 0 bridgehead atoms. The predicted octanol–water partition coefficient (Wildman–Crippen LogP) is 4.48. The van der Waals surface area contributed by atoms with Crippen LogP contribution in [0.25, 0.3) is 11.4 Å². The predicted molar refractivity (Wildman–Crippen MR) is 139 cm³/mol. The number of halogens is 1. The SMILES string of the molecule is CCc1cc(NC(=O)NC[C@@H]2CCCC[C@H]2NCCCc2ccc(F)cc2)cc(-c2nnnn2C)c1. The second-order valence-electron chi connectivity index (χ2n) is 9.57. The van der Waals surface area contributed by atoms with Gasteiger partial charge in [-0.2, -0.15) is 0 Å². The van der Waals surface area contributed by atoms with Crippen LogP contribution in [0.15, 0.2) is 42.5 Å². The lowest BCUT2D eigenvalue weighted by Crippen LogP contribution is -2.45. The molecule has 4 rings (SSSR count). The fourth-order valence-corrected chi connectivity index (χ4v) is 4.92. The van der Waals surface area contributed by atoms with Crippen LogP contribution in [-0.4, -0.2) is 45.4 Å². The largest absolute Gasteiger partial charge is 0.338 e. The van der Waals surface area contributed by atoms with Gasteiger partial charge < -0.3 is 16.0 Å². The number of nitrogens with one attached hydrogen (secondary N) is 3. The molecule has 1 saturated carbocycles. The van der Waals surface area contributed by atoms with E-state index in [1.807, 2.05) is 30.3 Å². The van der Waals surface area contributed by atoms with E-state index in [2.05, 4.69) is 38.4 Å². The minimum atomic E-state index is -0.203. The molecule has 8 nitrogen and oxygen atoms in total. The third kappa shape index (κ3) is 7.10. The summed E-state index contributed by atoms with van der Waals surface area (Å²) in [7, 11) is 1.80. The summed E-state index contributed by atoms with van der Waals surface area (Å²) >= 11 is 0. The van der Waals surface area contributed by atoms with E-state index in [1.165, 1.54) is 25.0 Å². The molecule has 1 aliphatic carbocycles. The van der Waals surface area contributed by atoms with Gasteiger partial charge in [-0.05, 0) is 96.5 Å². The molecule has 0 unspecified atom stereocenters. The van der Waals surface area contributed by atoms with Crippen molar-refractivity contribution in [1.82, 2.24) is 30.8 Å². The number of hydrogen-bond donors (Lipinski definition) is 3. The van der Waals surface area contributed by atoms with Gasteiger partial charge in [-0.3, -0.25) is 0 Å². The number of carbonyl (C=O) groups is 1. The van der Waals surface area contributed by atoms with Crippen LogP contribution in [-0.2, 0) is 19.9 Å². The van der Waals surface area contributed by atoms with Crippen LogP contribution < -0.4 is 16.0 Å². The monoisotopic (exact) mass is 493 g/mol. The van der Waals surface area contributed by atoms with Crippen LogP contribution in [0.2, 0.25) is 0 Å². The number of amides is 2. The Morgan fingerprint density at radius 2 is 1.92 bits per heavy atom. The van der Waals surface area contributed by atoms with Crippen molar-refractivity contribution in [3.8, 4) is 11.4 Å². The van der Waals surface area contributed by atoms with Crippen LogP contribution >= 0.6 is 0 Å². The molecular formula is C27H36FN7O. The van der Waals surface area contributed by atoms with Crippen molar-refractivity contribution in [2.24, 2.45) is 13.0 Å². The zero-order valence-electron chi connectivity index (χ0n) is 21.1. The molecule has 1 heterocycles. The molecule has 1 aliphatic rings. The first-order valence-electron chi connectivity index (χ1n) is 12.9. The van der Waals surface area contributed by atoms with Crippen molar-refractivity contribution in [2.45, 2.75) is 57.9 Å². The first kappa shape index (κ1) is 25.8. The third-order valence-electron chi connectivity index (χ3n) is 6.93.